The van der Waals surface area contributed by atoms with E-state index in [1.807, 2.05) is 31.2 Å². The van der Waals surface area contributed by atoms with Crippen LogP contribution in [-0.4, -0.2) is 10.9 Å². The highest BCUT2D eigenvalue weighted by Gasteiger charge is 2.27. The summed E-state index contributed by atoms with van der Waals surface area (Å²) in [7, 11) is 0. The minimum atomic E-state index is 0.00888. The maximum atomic E-state index is 12.7. The average Bonchev–Trinajstić information content (AvgIpc) is 3.09. The van der Waals surface area contributed by atoms with E-state index in [1.54, 1.807) is 0 Å². The second-order valence-electron chi connectivity index (χ2n) is 6.23. The Kier molecular flexibility index (Phi) is 3.49. The number of anilines is 1. The number of hydrogen-bond donors (Lipinski definition) is 2. The number of carbonyl (C=O) groups excluding carboxylic acids is 1. The van der Waals surface area contributed by atoms with Crippen molar-refractivity contribution in [1.29, 1.82) is 0 Å². The van der Waals surface area contributed by atoms with Crippen molar-refractivity contribution in [1.82, 2.24) is 4.98 Å². The molecule has 1 atom stereocenters. The van der Waals surface area contributed by atoms with Gasteiger partial charge in [0.25, 0.3) is 0 Å². The molecule has 4 rings (SSSR count). The van der Waals surface area contributed by atoms with Crippen molar-refractivity contribution in [2.75, 3.05) is 5.32 Å². The van der Waals surface area contributed by atoms with E-state index in [0.717, 1.165) is 39.6 Å². The Balaban J connectivity index is 1.57. The highest BCUT2D eigenvalue weighted by atomic mass is 79.9. The number of carbonyl (C=O) groups is 1. The van der Waals surface area contributed by atoms with Gasteiger partial charge in [0.15, 0.2) is 0 Å². The molecule has 0 saturated carbocycles. The van der Waals surface area contributed by atoms with E-state index >= 15 is 0 Å². The van der Waals surface area contributed by atoms with Crippen molar-refractivity contribution in [2.24, 2.45) is 5.92 Å². The summed E-state index contributed by atoms with van der Waals surface area (Å²) < 4.78 is 1.07. The topological polar surface area (TPSA) is 44.9 Å². The van der Waals surface area contributed by atoms with Crippen LogP contribution in [-0.2, 0) is 17.6 Å². The Bertz CT molecular complexity index is 913. The van der Waals surface area contributed by atoms with Gasteiger partial charge in [0, 0.05) is 27.0 Å². The van der Waals surface area contributed by atoms with Crippen LogP contribution in [0, 0.1) is 12.8 Å². The van der Waals surface area contributed by atoms with E-state index in [2.05, 4.69) is 44.4 Å². The van der Waals surface area contributed by atoms with E-state index in [0.29, 0.717) is 0 Å². The Morgan fingerprint density at radius 3 is 2.87 bits per heavy atom. The molecule has 1 amide bonds. The Labute approximate surface area is 143 Å². The maximum absolute atomic E-state index is 12.7. The molecule has 0 radical (unpaired) electrons. The zero-order chi connectivity index (χ0) is 16.0. The third-order valence-corrected chi connectivity index (χ3v) is 5.02. The third-order valence-electron chi connectivity index (χ3n) is 4.53. The van der Waals surface area contributed by atoms with Gasteiger partial charge < -0.3 is 10.3 Å². The van der Waals surface area contributed by atoms with Crippen molar-refractivity contribution < 1.29 is 4.79 Å². The Hall–Kier alpha value is -2.07. The average molecular weight is 369 g/mol. The van der Waals surface area contributed by atoms with E-state index in [1.165, 1.54) is 11.1 Å². The van der Waals surface area contributed by atoms with Gasteiger partial charge >= 0.3 is 0 Å². The Morgan fingerprint density at radius 1 is 1.17 bits per heavy atom. The van der Waals surface area contributed by atoms with Crippen molar-refractivity contribution in [3.63, 3.8) is 0 Å². The van der Waals surface area contributed by atoms with Crippen molar-refractivity contribution in [2.45, 2.75) is 19.8 Å². The zero-order valence-corrected chi connectivity index (χ0v) is 14.4. The van der Waals surface area contributed by atoms with Gasteiger partial charge in [-0.05, 0) is 61.2 Å². The van der Waals surface area contributed by atoms with Crippen molar-refractivity contribution >= 4 is 38.4 Å². The number of fused-ring (bicyclic) bond motifs is 2. The molecule has 0 bridgehead atoms. The molecular formula is C19H17BrN2O. The first kappa shape index (κ1) is 14.5. The third kappa shape index (κ3) is 2.68. The van der Waals surface area contributed by atoms with Crippen LogP contribution in [0.15, 0.2) is 46.9 Å². The van der Waals surface area contributed by atoms with Crippen molar-refractivity contribution in [3.05, 3.63) is 63.8 Å². The summed E-state index contributed by atoms with van der Waals surface area (Å²) in [5.74, 6) is 0.110. The second-order valence-corrected chi connectivity index (χ2v) is 7.14. The molecule has 1 unspecified atom stereocenters. The molecular weight excluding hydrogens is 352 g/mol. The monoisotopic (exact) mass is 368 g/mol. The van der Waals surface area contributed by atoms with Crippen LogP contribution in [0.25, 0.3) is 10.9 Å². The van der Waals surface area contributed by atoms with Gasteiger partial charge in [0.1, 0.15) is 0 Å². The smallest absolute Gasteiger partial charge is 0.228 e. The summed E-state index contributed by atoms with van der Waals surface area (Å²) >= 11 is 3.50. The first-order valence-corrected chi connectivity index (χ1v) is 8.56. The lowest BCUT2D eigenvalue weighted by Crippen LogP contribution is -2.23. The summed E-state index contributed by atoms with van der Waals surface area (Å²) in [5, 5.41) is 4.19. The maximum Gasteiger partial charge on any atom is 0.228 e. The minimum absolute atomic E-state index is 0.00888. The van der Waals surface area contributed by atoms with Crippen LogP contribution in [0.1, 0.15) is 16.8 Å². The van der Waals surface area contributed by atoms with Crippen molar-refractivity contribution in [3.8, 4) is 0 Å². The molecule has 0 saturated heterocycles. The summed E-state index contributed by atoms with van der Waals surface area (Å²) in [6.45, 7) is 2.02. The Morgan fingerprint density at radius 2 is 2.00 bits per heavy atom. The van der Waals surface area contributed by atoms with E-state index in [9.17, 15) is 4.79 Å². The number of rotatable bonds is 2. The molecule has 0 aliphatic heterocycles. The molecule has 1 aromatic heterocycles. The van der Waals surface area contributed by atoms with Crippen LogP contribution in [0.3, 0.4) is 0 Å². The SMILES string of the molecule is Cc1cc2c(NC(=O)C3Cc4ccc(Br)cc4C3)cccc2[nH]1. The number of halogens is 1. The van der Waals surface area contributed by atoms with Gasteiger partial charge in [-0.2, -0.15) is 0 Å². The number of benzene rings is 2. The molecule has 2 N–H and O–H groups in total. The van der Waals surface area contributed by atoms with Gasteiger partial charge in [-0.1, -0.05) is 28.1 Å². The quantitative estimate of drug-likeness (QED) is 0.682. The number of aromatic nitrogens is 1. The molecule has 3 aromatic rings. The van der Waals surface area contributed by atoms with Gasteiger partial charge in [-0.25, -0.2) is 0 Å². The molecule has 0 spiro atoms. The largest absolute Gasteiger partial charge is 0.359 e. The number of aromatic amines is 1. The molecule has 116 valence electrons. The number of nitrogens with one attached hydrogen (secondary N) is 2. The fraction of sp³-hybridized carbons (Fsp3) is 0.211. The highest BCUT2D eigenvalue weighted by Crippen LogP contribution is 2.31. The van der Waals surface area contributed by atoms with Gasteiger partial charge in [-0.3, -0.25) is 4.79 Å². The van der Waals surface area contributed by atoms with Crippen LogP contribution in [0.5, 0.6) is 0 Å². The molecule has 4 heteroatoms. The summed E-state index contributed by atoms with van der Waals surface area (Å²) in [4.78, 5) is 16.0. The number of H-pyrrole nitrogens is 1. The van der Waals surface area contributed by atoms with Gasteiger partial charge in [-0.15, -0.1) is 0 Å². The van der Waals surface area contributed by atoms with Gasteiger partial charge in [0.05, 0.1) is 5.69 Å². The standard InChI is InChI=1S/C19H17BrN2O/c1-11-7-16-17(21-11)3-2-4-18(16)22-19(23)14-8-12-5-6-15(20)10-13(12)9-14/h2-7,10,14,21H,8-9H2,1H3,(H,22,23). The predicted octanol–water partition coefficient (Wildman–Crippen LogP) is 4.59. The first-order chi connectivity index (χ1) is 11.1. The zero-order valence-electron chi connectivity index (χ0n) is 12.8. The molecule has 1 aliphatic carbocycles. The van der Waals surface area contributed by atoms with Gasteiger partial charge in [0.2, 0.25) is 5.91 Å². The first-order valence-electron chi connectivity index (χ1n) is 7.76. The molecule has 2 aromatic carbocycles. The normalized spacial score (nSPS) is 16.5. The molecule has 1 aliphatic rings. The molecule has 1 heterocycles. The molecule has 3 nitrogen and oxygen atoms in total. The number of aryl methyl sites for hydroxylation is 1. The molecule has 0 fully saturated rings. The number of hydrogen-bond acceptors (Lipinski definition) is 1. The van der Waals surface area contributed by atoms with Crippen LogP contribution in [0.4, 0.5) is 5.69 Å². The summed E-state index contributed by atoms with van der Waals surface area (Å²) in [6.07, 6.45) is 1.62. The van der Waals surface area contributed by atoms with E-state index < -0.39 is 0 Å². The second kappa shape index (κ2) is 5.53. The summed E-state index contributed by atoms with van der Waals surface area (Å²) in [6, 6.07) is 14.3. The van der Waals surface area contributed by atoms with E-state index in [4.69, 9.17) is 0 Å². The lowest BCUT2D eigenvalue weighted by atomic mass is 10.1. The minimum Gasteiger partial charge on any atom is -0.359 e. The van der Waals surface area contributed by atoms with Crippen LogP contribution < -0.4 is 5.32 Å². The highest BCUT2D eigenvalue weighted by molar-refractivity contribution is 9.10. The molecule has 23 heavy (non-hydrogen) atoms. The fourth-order valence-electron chi connectivity index (χ4n) is 3.41. The summed E-state index contributed by atoms with van der Waals surface area (Å²) in [5.41, 5.74) is 5.59. The fourth-order valence-corrected chi connectivity index (χ4v) is 3.82. The van der Waals surface area contributed by atoms with Crippen LogP contribution >= 0.6 is 15.9 Å². The lowest BCUT2D eigenvalue weighted by Gasteiger charge is -2.11. The van der Waals surface area contributed by atoms with Crippen LogP contribution in [0.2, 0.25) is 0 Å². The predicted molar refractivity (Wildman–Crippen MR) is 96.7 cm³/mol. The van der Waals surface area contributed by atoms with E-state index in [-0.39, 0.29) is 11.8 Å². The lowest BCUT2D eigenvalue weighted by molar-refractivity contribution is -0.119. The number of amides is 1.